The lowest BCUT2D eigenvalue weighted by molar-refractivity contribution is -0.129. The van der Waals surface area contributed by atoms with E-state index in [0.29, 0.717) is 18.9 Å². The molecule has 1 aromatic carbocycles. The van der Waals surface area contributed by atoms with Gasteiger partial charge in [-0.2, -0.15) is 0 Å². The minimum absolute atomic E-state index is 0.000563. The van der Waals surface area contributed by atoms with Crippen molar-refractivity contribution in [3.8, 4) is 5.75 Å². The molecule has 0 spiro atoms. The van der Waals surface area contributed by atoms with Gasteiger partial charge in [-0.15, -0.1) is 0 Å². The Kier molecular flexibility index (Phi) is 5.35. The van der Waals surface area contributed by atoms with E-state index in [1.165, 1.54) is 12.1 Å². The Balaban J connectivity index is 1.74. The second kappa shape index (κ2) is 7.24. The molecule has 0 aliphatic carbocycles. The van der Waals surface area contributed by atoms with Crippen LogP contribution in [0, 0.1) is 11.7 Å². The zero-order chi connectivity index (χ0) is 14.4. The van der Waals surface area contributed by atoms with Gasteiger partial charge in [0.1, 0.15) is 17.7 Å². The molecule has 1 aliphatic heterocycles. The van der Waals surface area contributed by atoms with Crippen LogP contribution in [0.1, 0.15) is 19.8 Å². The van der Waals surface area contributed by atoms with E-state index in [-0.39, 0.29) is 23.7 Å². The van der Waals surface area contributed by atoms with Crippen LogP contribution in [0.3, 0.4) is 0 Å². The number of hydrogen-bond acceptors (Lipinski definition) is 3. The highest BCUT2D eigenvalue weighted by atomic mass is 19.1. The molecule has 1 aliphatic rings. The van der Waals surface area contributed by atoms with Crippen molar-refractivity contribution in [2.75, 3.05) is 19.8 Å². The molecule has 1 aromatic rings. The lowest BCUT2D eigenvalue weighted by atomic mass is 10.0. The first-order valence-corrected chi connectivity index (χ1v) is 6.93. The molecule has 5 heteroatoms. The summed E-state index contributed by atoms with van der Waals surface area (Å²) in [4.78, 5) is 11.9. The van der Waals surface area contributed by atoms with E-state index in [4.69, 9.17) is 9.47 Å². The average Bonchev–Trinajstić information content (AvgIpc) is 2.46. The van der Waals surface area contributed by atoms with E-state index in [9.17, 15) is 9.18 Å². The quantitative estimate of drug-likeness (QED) is 0.899. The lowest BCUT2D eigenvalue weighted by Gasteiger charge is -2.22. The molecule has 0 aromatic heterocycles. The van der Waals surface area contributed by atoms with Crippen LogP contribution >= 0.6 is 0 Å². The predicted molar refractivity (Wildman–Crippen MR) is 73.0 cm³/mol. The normalized spacial score (nSPS) is 20.2. The van der Waals surface area contributed by atoms with E-state index in [1.54, 1.807) is 12.1 Å². The van der Waals surface area contributed by atoms with Gasteiger partial charge in [0.25, 0.3) is 0 Å². The van der Waals surface area contributed by atoms with Gasteiger partial charge < -0.3 is 14.8 Å². The van der Waals surface area contributed by atoms with Crippen molar-refractivity contribution in [1.82, 2.24) is 5.32 Å². The van der Waals surface area contributed by atoms with E-state index in [0.717, 1.165) is 19.4 Å². The van der Waals surface area contributed by atoms with E-state index < -0.39 is 0 Å². The SMILES string of the molecule is C[C@H](CNC(=O)[C@@H]1CCCOC1)Oc1cccc(F)c1. The van der Waals surface area contributed by atoms with Gasteiger partial charge in [0, 0.05) is 12.7 Å². The van der Waals surface area contributed by atoms with Crippen LogP contribution in [0.4, 0.5) is 4.39 Å². The monoisotopic (exact) mass is 281 g/mol. The minimum atomic E-state index is -0.335. The van der Waals surface area contributed by atoms with Crippen LogP contribution in [0.5, 0.6) is 5.75 Å². The maximum atomic E-state index is 13.0. The molecule has 20 heavy (non-hydrogen) atoms. The van der Waals surface area contributed by atoms with Crippen molar-refractivity contribution in [3.05, 3.63) is 30.1 Å². The fourth-order valence-corrected chi connectivity index (χ4v) is 2.15. The first-order chi connectivity index (χ1) is 9.65. The highest BCUT2D eigenvalue weighted by Gasteiger charge is 2.21. The van der Waals surface area contributed by atoms with Gasteiger partial charge in [-0.1, -0.05) is 6.07 Å². The molecule has 0 saturated carbocycles. The maximum Gasteiger partial charge on any atom is 0.225 e. The van der Waals surface area contributed by atoms with Crippen molar-refractivity contribution < 1.29 is 18.7 Å². The summed E-state index contributed by atoms with van der Waals surface area (Å²) in [6.07, 6.45) is 1.57. The third kappa shape index (κ3) is 4.49. The summed E-state index contributed by atoms with van der Waals surface area (Å²) in [5.74, 6) is 0.0651. The van der Waals surface area contributed by atoms with Gasteiger partial charge in [-0.3, -0.25) is 4.79 Å². The molecule has 1 amide bonds. The number of amides is 1. The first kappa shape index (κ1) is 14.8. The Hall–Kier alpha value is -1.62. The molecule has 1 N–H and O–H groups in total. The molecule has 0 radical (unpaired) electrons. The number of ether oxygens (including phenoxy) is 2. The van der Waals surface area contributed by atoms with Gasteiger partial charge in [0.15, 0.2) is 0 Å². The smallest absolute Gasteiger partial charge is 0.225 e. The Morgan fingerprint density at radius 3 is 3.15 bits per heavy atom. The lowest BCUT2D eigenvalue weighted by Crippen LogP contribution is -2.40. The number of nitrogens with one attached hydrogen (secondary N) is 1. The number of carbonyl (C=O) groups excluding carboxylic acids is 1. The van der Waals surface area contributed by atoms with Crippen LogP contribution < -0.4 is 10.1 Å². The molecule has 110 valence electrons. The molecule has 0 unspecified atom stereocenters. The van der Waals surface area contributed by atoms with E-state index in [1.807, 2.05) is 6.92 Å². The molecular weight excluding hydrogens is 261 g/mol. The van der Waals surface area contributed by atoms with E-state index >= 15 is 0 Å². The first-order valence-electron chi connectivity index (χ1n) is 6.93. The summed E-state index contributed by atoms with van der Waals surface area (Å²) in [6, 6.07) is 5.97. The summed E-state index contributed by atoms with van der Waals surface area (Å²) in [5.41, 5.74) is 0. The molecule has 2 atom stereocenters. The maximum absolute atomic E-state index is 13.0. The fraction of sp³-hybridized carbons (Fsp3) is 0.533. The van der Waals surface area contributed by atoms with Crippen molar-refractivity contribution in [2.45, 2.75) is 25.9 Å². The molecule has 1 fully saturated rings. The third-order valence-electron chi connectivity index (χ3n) is 3.23. The van der Waals surface area contributed by atoms with Crippen molar-refractivity contribution >= 4 is 5.91 Å². The van der Waals surface area contributed by atoms with Gasteiger partial charge in [0.05, 0.1) is 19.1 Å². The van der Waals surface area contributed by atoms with Crippen LogP contribution in [0.15, 0.2) is 24.3 Å². The van der Waals surface area contributed by atoms with Crippen molar-refractivity contribution in [1.29, 1.82) is 0 Å². The second-order valence-electron chi connectivity index (χ2n) is 5.05. The third-order valence-corrected chi connectivity index (χ3v) is 3.23. The molecule has 0 bridgehead atoms. The number of hydrogen-bond donors (Lipinski definition) is 1. The van der Waals surface area contributed by atoms with Crippen LogP contribution in [0.2, 0.25) is 0 Å². The summed E-state index contributed by atoms with van der Waals surface area (Å²) < 4.78 is 23.8. The number of carbonyl (C=O) groups is 1. The van der Waals surface area contributed by atoms with Crippen molar-refractivity contribution in [2.24, 2.45) is 5.92 Å². The second-order valence-corrected chi connectivity index (χ2v) is 5.05. The van der Waals surface area contributed by atoms with E-state index in [2.05, 4.69) is 5.32 Å². The van der Waals surface area contributed by atoms with Gasteiger partial charge in [0.2, 0.25) is 5.91 Å². The topological polar surface area (TPSA) is 47.6 Å². The standard InChI is InChI=1S/C15H20FNO3/c1-11(20-14-6-2-5-13(16)8-14)9-17-15(18)12-4-3-7-19-10-12/h2,5-6,8,11-12H,3-4,7,9-10H2,1H3,(H,17,18)/t11-,12-/m1/s1. The molecule has 1 heterocycles. The highest BCUT2D eigenvalue weighted by molar-refractivity contribution is 5.78. The largest absolute Gasteiger partial charge is 0.489 e. The predicted octanol–water partition coefficient (Wildman–Crippen LogP) is 2.14. The van der Waals surface area contributed by atoms with Gasteiger partial charge >= 0.3 is 0 Å². The molecular formula is C15H20FNO3. The number of halogens is 1. The Morgan fingerprint density at radius 1 is 1.60 bits per heavy atom. The Morgan fingerprint density at radius 2 is 2.45 bits per heavy atom. The fourth-order valence-electron chi connectivity index (χ4n) is 2.15. The number of rotatable bonds is 5. The summed E-state index contributed by atoms with van der Waals surface area (Å²) in [6.45, 7) is 3.46. The van der Waals surface area contributed by atoms with Gasteiger partial charge in [-0.25, -0.2) is 4.39 Å². The zero-order valence-electron chi connectivity index (χ0n) is 11.6. The average molecular weight is 281 g/mol. The summed E-state index contributed by atoms with van der Waals surface area (Å²) in [7, 11) is 0. The van der Waals surface area contributed by atoms with Crippen LogP contribution in [-0.2, 0) is 9.53 Å². The Bertz CT molecular complexity index is 446. The van der Waals surface area contributed by atoms with Gasteiger partial charge in [-0.05, 0) is 31.9 Å². The highest BCUT2D eigenvalue weighted by Crippen LogP contribution is 2.15. The van der Waals surface area contributed by atoms with Crippen LogP contribution in [0.25, 0.3) is 0 Å². The molecule has 4 nitrogen and oxygen atoms in total. The molecule has 2 rings (SSSR count). The number of benzene rings is 1. The molecule has 1 saturated heterocycles. The minimum Gasteiger partial charge on any atom is -0.489 e. The summed E-state index contributed by atoms with van der Waals surface area (Å²) in [5, 5.41) is 2.85. The van der Waals surface area contributed by atoms with Crippen molar-refractivity contribution in [3.63, 3.8) is 0 Å². The Labute approximate surface area is 118 Å². The van der Waals surface area contributed by atoms with Crippen LogP contribution in [-0.4, -0.2) is 31.8 Å². The summed E-state index contributed by atoms with van der Waals surface area (Å²) >= 11 is 0. The zero-order valence-corrected chi connectivity index (χ0v) is 11.6.